The van der Waals surface area contributed by atoms with E-state index in [0.29, 0.717) is 0 Å². The first-order valence-corrected chi connectivity index (χ1v) is 6.08. The van der Waals surface area contributed by atoms with E-state index < -0.39 is 21.7 Å². The van der Waals surface area contributed by atoms with E-state index in [1.165, 1.54) is 19.2 Å². The lowest BCUT2D eigenvalue weighted by Crippen LogP contribution is -2.22. The number of methoxy groups -OCH3 is 1. The van der Waals surface area contributed by atoms with E-state index in [0.717, 1.165) is 6.07 Å². The first-order valence-electron chi connectivity index (χ1n) is 4.43. The summed E-state index contributed by atoms with van der Waals surface area (Å²) in [7, 11) is -2.62. The van der Waals surface area contributed by atoms with Crippen LogP contribution in [-0.2, 0) is 14.8 Å². The largest absolute Gasteiger partial charge is 0.504 e. The fourth-order valence-corrected chi connectivity index (χ4v) is 2.02. The number of phenols is 1. The number of sulfonamides is 1. The predicted molar refractivity (Wildman–Crippen MR) is 59.7 cm³/mol. The molecular formula is C9H11NO6S. The number of carbonyl (C=O) groups is 1. The molecule has 0 aliphatic heterocycles. The third-order valence-electron chi connectivity index (χ3n) is 1.77. The maximum atomic E-state index is 11.3. The molecule has 0 amide bonds. The SMILES string of the molecule is COc1ccc(NS(=O)(=O)CC(=O)O)cc1O. The van der Waals surface area contributed by atoms with E-state index in [2.05, 4.69) is 0 Å². The molecule has 7 nitrogen and oxygen atoms in total. The highest BCUT2D eigenvalue weighted by Gasteiger charge is 2.16. The Morgan fingerprint density at radius 1 is 1.47 bits per heavy atom. The van der Waals surface area contributed by atoms with Gasteiger partial charge in [-0.15, -0.1) is 0 Å². The van der Waals surface area contributed by atoms with Crippen LogP contribution in [0.4, 0.5) is 5.69 Å². The highest BCUT2D eigenvalue weighted by Crippen LogP contribution is 2.28. The van der Waals surface area contributed by atoms with E-state index in [-0.39, 0.29) is 17.2 Å². The van der Waals surface area contributed by atoms with Crippen LogP contribution in [0, 0.1) is 0 Å². The van der Waals surface area contributed by atoms with Gasteiger partial charge in [0, 0.05) is 6.07 Å². The van der Waals surface area contributed by atoms with Gasteiger partial charge in [0.05, 0.1) is 12.8 Å². The highest BCUT2D eigenvalue weighted by atomic mass is 32.2. The highest BCUT2D eigenvalue weighted by molar-refractivity contribution is 7.93. The van der Waals surface area contributed by atoms with Crippen LogP contribution in [0.1, 0.15) is 0 Å². The van der Waals surface area contributed by atoms with Gasteiger partial charge in [-0.1, -0.05) is 0 Å². The topological polar surface area (TPSA) is 113 Å². The van der Waals surface area contributed by atoms with Gasteiger partial charge in [0.2, 0.25) is 10.0 Å². The zero-order valence-corrected chi connectivity index (χ0v) is 9.69. The number of benzene rings is 1. The van der Waals surface area contributed by atoms with Gasteiger partial charge in [-0.05, 0) is 12.1 Å². The van der Waals surface area contributed by atoms with Crippen molar-refractivity contribution in [1.82, 2.24) is 0 Å². The molecule has 94 valence electrons. The summed E-state index contributed by atoms with van der Waals surface area (Å²) in [5.74, 6) is -2.57. The van der Waals surface area contributed by atoms with Crippen LogP contribution in [0.3, 0.4) is 0 Å². The average Bonchev–Trinajstić information content (AvgIpc) is 2.14. The number of hydrogen-bond donors (Lipinski definition) is 3. The van der Waals surface area contributed by atoms with Crippen molar-refractivity contribution in [2.45, 2.75) is 0 Å². The molecule has 3 N–H and O–H groups in total. The number of carboxylic acid groups (broad SMARTS) is 1. The van der Waals surface area contributed by atoms with E-state index in [9.17, 15) is 18.3 Å². The molecule has 0 spiro atoms. The standard InChI is InChI=1S/C9H11NO6S/c1-16-8-3-2-6(4-7(8)11)10-17(14,15)5-9(12)13/h2-4,10-11H,5H2,1H3,(H,12,13). The summed E-state index contributed by atoms with van der Waals surface area (Å²) in [6.07, 6.45) is 0. The Morgan fingerprint density at radius 2 is 2.12 bits per heavy atom. The molecule has 0 atom stereocenters. The molecule has 0 heterocycles. The summed E-state index contributed by atoms with van der Waals surface area (Å²) in [6, 6.07) is 3.82. The number of ether oxygens (including phenoxy) is 1. The van der Waals surface area contributed by atoms with Crippen LogP contribution in [0.2, 0.25) is 0 Å². The van der Waals surface area contributed by atoms with Gasteiger partial charge in [0.25, 0.3) is 0 Å². The van der Waals surface area contributed by atoms with Crippen LogP contribution < -0.4 is 9.46 Å². The second-order valence-electron chi connectivity index (χ2n) is 3.14. The number of nitrogens with one attached hydrogen (secondary N) is 1. The van der Waals surface area contributed by atoms with E-state index >= 15 is 0 Å². The first-order chi connectivity index (χ1) is 7.84. The number of anilines is 1. The second kappa shape index (κ2) is 4.91. The van der Waals surface area contributed by atoms with Gasteiger partial charge >= 0.3 is 5.97 Å². The molecule has 0 saturated heterocycles. The lowest BCUT2D eigenvalue weighted by molar-refractivity contribution is -0.134. The van der Waals surface area contributed by atoms with Crippen molar-refractivity contribution in [3.63, 3.8) is 0 Å². The Morgan fingerprint density at radius 3 is 2.59 bits per heavy atom. The monoisotopic (exact) mass is 261 g/mol. The number of rotatable bonds is 5. The van der Waals surface area contributed by atoms with E-state index in [4.69, 9.17) is 9.84 Å². The Labute approximate surface area is 97.7 Å². The fraction of sp³-hybridized carbons (Fsp3) is 0.222. The molecule has 17 heavy (non-hydrogen) atoms. The maximum absolute atomic E-state index is 11.3. The molecule has 0 fully saturated rings. The van der Waals surface area contributed by atoms with Crippen LogP contribution in [0.15, 0.2) is 18.2 Å². The third-order valence-corrected chi connectivity index (χ3v) is 2.94. The summed E-state index contributed by atoms with van der Waals surface area (Å²) in [5.41, 5.74) is 0.0598. The lowest BCUT2D eigenvalue weighted by Gasteiger charge is -2.08. The van der Waals surface area contributed by atoms with Gasteiger partial charge in [-0.2, -0.15) is 0 Å². The molecule has 1 aromatic rings. The zero-order valence-electron chi connectivity index (χ0n) is 8.87. The van der Waals surface area contributed by atoms with Crippen molar-refractivity contribution in [2.24, 2.45) is 0 Å². The van der Waals surface area contributed by atoms with Gasteiger partial charge < -0.3 is 14.9 Å². The Balaban J connectivity index is 2.89. The fourth-order valence-electron chi connectivity index (χ4n) is 1.13. The van der Waals surface area contributed by atoms with Crippen molar-refractivity contribution in [3.05, 3.63) is 18.2 Å². The zero-order chi connectivity index (χ0) is 13.1. The smallest absolute Gasteiger partial charge is 0.320 e. The number of aromatic hydroxyl groups is 1. The molecule has 8 heteroatoms. The Bertz CT molecular complexity index is 524. The van der Waals surface area contributed by atoms with Gasteiger partial charge in [-0.25, -0.2) is 8.42 Å². The minimum absolute atomic E-state index is 0.0598. The molecule has 1 aromatic carbocycles. The molecule has 1 rings (SSSR count). The van der Waals surface area contributed by atoms with Gasteiger partial charge in [0.15, 0.2) is 17.3 Å². The van der Waals surface area contributed by atoms with Crippen LogP contribution in [-0.4, -0.2) is 37.5 Å². The summed E-state index contributed by atoms with van der Waals surface area (Å²) in [6.45, 7) is 0. The molecule has 0 saturated carbocycles. The molecule has 0 aliphatic carbocycles. The predicted octanol–water partition coefficient (Wildman–Crippen LogP) is 0.227. The quantitative estimate of drug-likeness (QED) is 0.699. The molecular weight excluding hydrogens is 250 g/mol. The second-order valence-corrected chi connectivity index (χ2v) is 4.86. The summed E-state index contributed by atoms with van der Waals surface area (Å²) in [5, 5.41) is 17.8. The molecule has 0 unspecified atom stereocenters. The first kappa shape index (κ1) is 13.1. The van der Waals surface area contributed by atoms with Crippen molar-refractivity contribution in [1.29, 1.82) is 0 Å². The minimum Gasteiger partial charge on any atom is -0.504 e. The third kappa shape index (κ3) is 3.83. The lowest BCUT2D eigenvalue weighted by atomic mass is 10.3. The van der Waals surface area contributed by atoms with Crippen LogP contribution in [0.5, 0.6) is 11.5 Å². The van der Waals surface area contributed by atoms with Crippen LogP contribution in [0.25, 0.3) is 0 Å². The molecule has 0 bridgehead atoms. The molecule has 0 aliphatic rings. The average molecular weight is 261 g/mol. The van der Waals surface area contributed by atoms with Crippen molar-refractivity contribution in [2.75, 3.05) is 17.6 Å². The number of aliphatic carboxylic acids is 1. The summed E-state index contributed by atoms with van der Waals surface area (Å²) < 4.78 is 29.3. The van der Waals surface area contributed by atoms with E-state index in [1.54, 1.807) is 0 Å². The van der Waals surface area contributed by atoms with Crippen molar-refractivity contribution < 1.29 is 28.2 Å². The maximum Gasteiger partial charge on any atom is 0.320 e. The van der Waals surface area contributed by atoms with Crippen LogP contribution >= 0.6 is 0 Å². The Hall–Kier alpha value is -1.96. The summed E-state index contributed by atoms with van der Waals surface area (Å²) in [4.78, 5) is 10.3. The van der Waals surface area contributed by atoms with Crippen molar-refractivity contribution >= 4 is 21.7 Å². The number of carboxylic acids is 1. The number of phenolic OH excluding ortho intramolecular Hbond substituents is 1. The number of hydrogen-bond acceptors (Lipinski definition) is 5. The van der Waals surface area contributed by atoms with Gasteiger partial charge in [0.1, 0.15) is 0 Å². The van der Waals surface area contributed by atoms with E-state index in [1.807, 2.05) is 4.72 Å². The molecule has 0 radical (unpaired) electrons. The van der Waals surface area contributed by atoms with Gasteiger partial charge in [-0.3, -0.25) is 9.52 Å². The normalized spacial score (nSPS) is 10.9. The molecule has 0 aromatic heterocycles. The van der Waals surface area contributed by atoms with Crippen molar-refractivity contribution in [3.8, 4) is 11.5 Å². The Kier molecular flexibility index (Phi) is 3.79. The minimum atomic E-state index is -3.97. The summed E-state index contributed by atoms with van der Waals surface area (Å²) >= 11 is 0.